The molecule has 2 aromatic carbocycles. The molecule has 2 N–H and O–H groups in total. The number of rotatable bonds is 6. The van der Waals surface area contributed by atoms with Crippen LogP contribution in [-0.2, 0) is 16.0 Å². The molecule has 0 spiro atoms. The van der Waals surface area contributed by atoms with Crippen molar-refractivity contribution >= 4 is 17.5 Å². The van der Waals surface area contributed by atoms with Crippen LogP contribution in [0.5, 0.6) is 0 Å². The van der Waals surface area contributed by atoms with Crippen LogP contribution < -0.4 is 10.6 Å². The summed E-state index contributed by atoms with van der Waals surface area (Å²) in [7, 11) is 0. The van der Waals surface area contributed by atoms with Crippen molar-refractivity contribution in [1.82, 2.24) is 10.3 Å². The van der Waals surface area contributed by atoms with Crippen LogP contribution >= 0.6 is 0 Å². The van der Waals surface area contributed by atoms with Crippen LogP contribution in [0, 0.1) is 0 Å². The first-order chi connectivity index (χ1) is 13.1. The number of nitrogens with zero attached hydrogens (tertiary/aromatic N) is 1. The molecule has 0 saturated heterocycles. The molecule has 3 rings (SSSR count). The number of carbonyl (C=O) groups is 2. The first-order valence-electron chi connectivity index (χ1n) is 8.73. The highest BCUT2D eigenvalue weighted by Crippen LogP contribution is 2.20. The number of hydrogen-bond donors (Lipinski definition) is 2. The van der Waals surface area contributed by atoms with Crippen LogP contribution in [0.4, 0.5) is 5.69 Å². The van der Waals surface area contributed by atoms with Gasteiger partial charge >= 0.3 is 0 Å². The number of pyridine rings is 1. The molecule has 0 fully saturated rings. The van der Waals surface area contributed by atoms with Crippen molar-refractivity contribution in [3.8, 4) is 0 Å². The second-order valence-electron chi connectivity index (χ2n) is 6.22. The van der Waals surface area contributed by atoms with E-state index in [2.05, 4.69) is 15.6 Å². The molecule has 27 heavy (non-hydrogen) atoms. The van der Waals surface area contributed by atoms with E-state index in [1.54, 1.807) is 18.3 Å². The van der Waals surface area contributed by atoms with Gasteiger partial charge in [0.25, 0.3) is 0 Å². The first kappa shape index (κ1) is 18.3. The zero-order valence-corrected chi connectivity index (χ0v) is 15.1. The molecule has 2 amide bonds. The zero-order chi connectivity index (χ0) is 19.1. The molecule has 1 atom stereocenters. The van der Waals surface area contributed by atoms with E-state index in [0.717, 1.165) is 16.8 Å². The van der Waals surface area contributed by atoms with E-state index in [1.807, 2.05) is 60.7 Å². The van der Waals surface area contributed by atoms with Crippen molar-refractivity contribution in [2.45, 2.75) is 19.4 Å². The Labute approximate surface area is 158 Å². The predicted molar refractivity (Wildman–Crippen MR) is 105 cm³/mol. The van der Waals surface area contributed by atoms with Gasteiger partial charge in [-0.05, 0) is 35.4 Å². The summed E-state index contributed by atoms with van der Waals surface area (Å²) in [6.07, 6.45) is 1.97. The third kappa shape index (κ3) is 5.25. The highest BCUT2D eigenvalue weighted by Gasteiger charge is 2.17. The molecular weight excluding hydrogens is 338 g/mol. The van der Waals surface area contributed by atoms with Gasteiger partial charge in [0, 0.05) is 18.8 Å². The third-order valence-electron chi connectivity index (χ3n) is 4.06. The predicted octanol–water partition coefficient (Wildman–Crippen LogP) is 3.49. The molecule has 0 aliphatic rings. The average molecular weight is 359 g/mol. The van der Waals surface area contributed by atoms with E-state index in [0.29, 0.717) is 5.69 Å². The molecule has 1 aromatic heterocycles. The van der Waals surface area contributed by atoms with Crippen LogP contribution in [0.25, 0.3) is 0 Å². The van der Waals surface area contributed by atoms with Gasteiger partial charge in [-0.1, -0.05) is 48.5 Å². The number of hydrogen-bond acceptors (Lipinski definition) is 3. The maximum absolute atomic E-state index is 12.6. The normalized spacial score (nSPS) is 11.4. The summed E-state index contributed by atoms with van der Waals surface area (Å²) in [5.41, 5.74) is 3.35. The van der Waals surface area contributed by atoms with Crippen LogP contribution in [0.1, 0.15) is 29.8 Å². The number of carbonyl (C=O) groups excluding carboxylic acids is 2. The maximum Gasteiger partial charge on any atom is 0.225 e. The average Bonchev–Trinajstić information content (AvgIpc) is 2.69. The fraction of sp³-hybridized carbons (Fsp3) is 0.136. The summed E-state index contributed by atoms with van der Waals surface area (Å²) in [6.45, 7) is 1.46. The minimum Gasteiger partial charge on any atom is -0.343 e. The molecule has 1 heterocycles. The summed E-state index contributed by atoms with van der Waals surface area (Å²) in [6, 6.07) is 22.4. The molecule has 5 nitrogen and oxygen atoms in total. The monoisotopic (exact) mass is 359 g/mol. The fourth-order valence-corrected chi connectivity index (χ4v) is 2.83. The standard InChI is InChI=1S/C22H21N3O2/c1-16(26)24-19-12-10-17(11-13-19)15-21(27)25-22(18-7-3-2-4-8-18)20-9-5-6-14-23-20/h2-14,22H,15H2,1H3,(H,24,26)(H,25,27). The van der Waals surface area contributed by atoms with Crippen molar-refractivity contribution in [3.63, 3.8) is 0 Å². The van der Waals surface area contributed by atoms with Gasteiger partial charge in [-0.15, -0.1) is 0 Å². The van der Waals surface area contributed by atoms with Crippen LogP contribution in [0.3, 0.4) is 0 Å². The van der Waals surface area contributed by atoms with Crippen LogP contribution in [-0.4, -0.2) is 16.8 Å². The fourth-order valence-electron chi connectivity index (χ4n) is 2.83. The minimum absolute atomic E-state index is 0.0956. The Morgan fingerprint density at radius 1 is 0.926 bits per heavy atom. The number of amides is 2. The van der Waals surface area contributed by atoms with Gasteiger partial charge in [-0.2, -0.15) is 0 Å². The third-order valence-corrected chi connectivity index (χ3v) is 4.06. The Hall–Kier alpha value is -3.47. The lowest BCUT2D eigenvalue weighted by Gasteiger charge is -2.19. The van der Waals surface area contributed by atoms with E-state index < -0.39 is 0 Å². The quantitative estimate of drug-likeness (QED) is 0.708. The van der Waals surface area contributed by atoms with Gasteiger partial charge in [0.05, 0.1) is 18.2 Å². The number of benzene rings is 2. The van der Waals surface area contributed by atoms with Gasteiger partial charge in [0.1, 0.15) is 0 Å². The number of nitrogens with one attached hydrogen (secondary N) is 2. The highest BCUT2D eigenvalue weighted by molar-refractivity contribution is 5.88. The molecule has 1 unspecified atom stereocenters. The van der Waals surface area contributed by atoms with Crippen molar-refractivity contribution in [2.75, 3.05) is 5.32 Å². The first-order valence-corrected chi connectivity index (χ1v) is 8.73. The van der Waals surface area contributed by atoms with Crippen molar-refractivity contribution < 1.29 is 9.59 Å². The Kier molecular flexibility index (Phi) is 5.94. The second-order valence-corrected chi connectivity index (χ2v) is 6.22. The Morgan fingerprint density at radius 2 is 1.63 bits per heavy atom. The molecule has 3 aromatic rings. The van der Waals surface area contributed by atoms with Crippen molar-refractivity contribution in [3.05, 3.63) is 95.8 Å². The summed E-state index contributed by atoms with van der Waals surface area (Å²) >= 11 is 0. The topological polar surface area (TPSA) is 71.1 Å². The van der Waals surface area contributed by atoms with E-state index in [4.69, 9.17) is 0 Å². The molecule has 0 bridgehead atoms. The lowest BCUT2D eigenvalue weighted by Crippen LogP contribution is -2.31. The molecule has 0 aliphatic carbocycles. The summed E-state index contributed by atoms with van der Waals surface area (Å²) < 4.78 is 0. The molecule has 0 aliphatic heterocycles. The molecule has 0 radical (unpaired) electrons. The molecule has 0 saturated carbocycles. The molecular formula is C22H21N3O2. The number of anilines is 1. The number of aromatic nitrogens is 1. The smallest absolute Gasteiger partial charge is 0.225 e. The summed E-state index contributed by atoms with van der Waals surface area (Å²) in [4.78, 5) is 28.1. The van der Waals surface area contributed by atoms with E-state index in [9.17, 15) is 9.59 Å². The Bertz CT molecular complexity index is 854. The zero-order valence-electron chi connectivity index (χ0n) is 15.1. The van der Waals surface area contributed by atoms with Gasteiger partial charge in [-0.25, -0.2) is 0 Å². The summed E-state index contributed by atoms with van der Waals surface area (Å²) in [5.74, 6) is -0.219. The van der Waals surface area contributed by atoms with Gasteiger partial charge in [0.15, 0.2) is 0 Å². The second kappa shape index (κ2) is 8.76. The SMILES string of the molecule is CC(=O)Nc1ccc(CC(=O)NC(c2ccccc2)c2ccccn2)cc1. The van der Waals surface area contributed by atoms with E-state index in [1.165, 1.54) is 6.92 Å². The van der Waals surface area contributed by atoms with Gasteiger partial charge < -0.3 is 10.6 Å². The van der Waals surface area contributed by atoms with Gasteiger partial charge in [0.2, 0.25) is 11.8 Å². The Morgan fingerprint density at radius 3 is 2.26 bits per heavy atom. The lowest BCUT2D eigenvalue weighted by atomic mass is 10.0. The van der Waals surface area contributed by atoms with E-state index in [-0.39, 0.29) is 24.3 Å². The van der Waals surface area contributed by atoms with Crippen molar-refractivity contribution in [1.29, 1.82) is 0 Å². The van der Waals surface area contributed by atoms with Crippen molar-refractivity contribution in [2.24, 2.45) is 0 Å². The lowest BCUT2D eigenvalue weighted by molar-refractivity contribution is -0.121. The molecule has 136 valence electrons. The van der Waals surface area contributed by atoms with E-state index >= 15 is 0 Å². The Balaban J connectivity index is 1.72. The maximum atomic E-state index is 12.6. The minimum atomic E-state index is -0.307. The van der Waals surface area contributed by atoms with Gasteiger partial charge in [-0.3, -0.25) is 14.6 Å². The van der Waals surface area contributed by atoms with Crippen LogP contribution in [0.15, 0.2) is 79.0 Å². The van der Waals surface area contributed by atoms with Crippen LogP contribution in [0.2, 0.25) is 0 Å². The molecule has 5 heteroatoms. The largest absolute Gasteiger partial charge is 0.343 e. The highest BCUT2D eigenvalue weighted by atomic mass is 16.2. The summed E-state index contributed by atoms with van der Waals surface area (Å²) in [5, 5.41) is 5.79.